The molecule has 0 saturated carbocycles. The lowest BCUT2D eigenvalue weighted by Crippen LogP contribution is -2.45. The second-order valence-electron chi connectivity index (χ2n) is 19.5. The largest absolute Gasteiger partial charge is 0.394 e. The zero-order chi connectivity index (χ0) is 45.8. The molecule has 0 aromatic heterocycles. The SMILES string of the molecule is CCCCCCCCCCCCCCCC/C=C/CC/C=C/CC/C=C/C(O)C(CO)NC(=O)CC(O)CCCCCCCCCCCCCCCCCCCCCCCCCC. The number of aliphatic hydroxyl groups excluding tert-OH is 3. The lowest BCUT2D eigenvalue weighted by Gasteiger charge is -2.21. The Balaban J connectivity index is 3.61. The molecule has 0 aliphatic heterocycles. The zero-order valence-electron chi connectivity index (χ0n) is 42.5. The van der Waals surface area contributed by atoms with Crippen molar-refractivity contribution in [3.63, 3.8) is 0 Å². The van der Waals surface area contributed by atoms with Gasteiger partial charge in [-0.05, 0) is 44.9 Å². The topological polar surface area (TPSA) is 89.8 Å². The quantitative estimate of drug-likeness (QED) is 0.0362. The van der Waals surface area contributed by atoms with Gasteiger partial charge in [-0.1, -0.05) is 288 Å². The van der Waals surface area contributed by atoms with Crippen molar-refractivity contribution >= 4 is 5.91 Å². The van der Waals surface area contributed by atoms with Gasteiger partial charge in [0.15, 0.2) is 0 Å². The second kappa shape index (κ2) is 53.2. The van der Waals surface area contributed by atoms with Gasteiger partial charge in [-0.15, -0.1) is 0 Å². The number of hydrogen-bond acceptors (Lipinski definition) is 4. The molecule has 0 radical (unpaired) electrons. The number of unbranched alkanes of at least 4 members (excludes halogenated alkanes) is 39. The summed E-state index contributed by atoms with van der Waals surface area (Å²) in [6, 6.07) is -0.767. The molecule has 0 aromatic rings. The van der Waals surface area contributed by atoms with Gasteiger partial charge in [0.05, 0.1) is 31.3 Å². The van der Waals surface area contributed by atoms with Crippen LogP contribution in [0.2, 0.25) is 0 Å². The number of carbonyl (C=O) groups excluding carboxylic acids is 1. The van der Waals surface area contributed by atoms with E-state index in [4.69, 9.17) is 0 Å². The third-order valence-electron chi connectivity index (χ3n) is 13.2. The fourth-order valence-corrected chi connectivity index (χ4v) is 8.85. The highest BCUT2D eigenvalue weighted by Crippen LogP contribution is 2.17. The molecule has 372 valence electrons. The minimum Gasteiger partial charge on any atom is -0.394 e. The molecular weight excluding hydrogens is 775 g/mol. The summed E-state index contributed by atoms with van der Waals surface area (Å²) in [5.74, 6) is -0.324. The van der Waals surface area contributed by atoms with Gasteiger partial charge in [0, 0.05) is 0 Å². The van der Waals surface area contributed by atoms with Crippen LogP contribution in [0.4, 0.5) is 0 Å². The van der Waals surface area contributed by atoms with E-state index in [0.717, 1.165) is 38.5 Å². The first-order valence-corrected chi connectivity index (χ1v) is 28.3. The third kappa shape index (κ3) is 49.8. The Kier molecular flexibility index (Phi) is 52.0. The molecule has 5 heteroatoms. The second-order valence-corrected chi connectivity index (χ2v) is 19.5. The van der Waals surface area contributed by atoms with E-state index in [1.165, 1.54) is 238 Å². The number of amides is 1. The van der Waals surface area contributed by atoms with Crippen LogP contribution < -0.4 is 5.32 Å². The van der Waals surface area contributed by atoms with E-state index in [1.807, 2.05) is 6.08 Å². The summed E-state index contributed by atoms with van der Waals surface area (Å²) in [5.41, 5.74) is 0. The Labute approximate surface area is 394 Å². The van der Waals surface area contributed by atoms with Gasteiger partial charge < -0.3 is 20.6 Å². The van der Waals surface area contributed by atoms with Crippen LogP contribution in [0.3, 0.4) is 0 Å². The molecule has 0 aromatic carbocycles. The molecule has 0 aliphatic rings. The minimum absolute atomic E-state index is 0.00570. The standard InChI is InChI=1S/C58H111NO4/c1-3-5-7-9-11-13-15-17-19-21-23-25-27-29-31-33-35-37-39-41-43-45-47-49-51-55(61)53-58(63)59-56(54-60)57(62)52-50-48-46-44-42-40-38-36-34-32-30-28-26-24-22-20-18-16-14-12-10-8-6-4-2/h34,36,42,44,50,52,55-57,60-62H,3-33,35,37-41,43,45-49,51,53-54H2,1-2H3,(H,59,63)/b36-34+,44-42+,52-50+. The summed E-state index contributed by atoms with van der Waals surface area (Å²) in [7, 11) is 0. The highest BCUT2D eigenvalue weighted by atomic mass is 16.3. The van der Waals surface area contributed by atoms with Gasteiger partial charge in [-0.25, -0.2) is 0 Å². The van der Waals surface area contributed by atoms with Crippen molar-refractivity contribution in [3.05, 3.63) is 36.5 Å². The fraction of sp³-hybridized carbons (Fsp3) is 0.879. The first-order chi connectivity index (χ1) is 31.0. The molecule has 0 bridgehead atoms. The van der Waals surface area contributed by atoms with Crippen molar-refractivity contribution in [1.82, 2.24) is 5.32 Å². The Bertz CT molecular complexity index is 978. The molecule has 3 atom stereocenters. The molecule has 0 heterocycles. The van der Waals surface area contributed by atoms with Crippen LogP contribution in [0.25, 0.3) is 0 Å². The van der Waals surface area contributed by atoms with Crippen molar-refractivity contribution in [3.8, 4) is 0 Å². The van der Waals surface area contributed by atoms with E-state index in [0.29, 0.717) is 6.42 Å². The predicted octanol–water partition coefficient (Wildman–Crippen LogP) is 17.4. The van der Waals surface area contributed by atoms with Gasteiger partial charge in [0.1, 0.15) is 0 Å². The zero-order valence-corrected chi connectivity index (χ0v) is 42.5. The van der Waals surface area contributed by atoms with Crippen LogP contribution in [0.15, 0.2) is 36.5 Å². The number of carbonyl (C=O) groups is 1. The number of aliphatic hydroxyl groups is 3. The summed E-state index contributed by atoms with van der Waals surface area (Å²) in [6.07, 6.45) is 69.1. The molecule has 1 amide bonds. The summed E-state index contributed by atoms with van der Waals surface area (Å²) < 4.78 is 0. The van der Waals surface area contributed by atoms with E-state index in [9.17, 15) is 20.1 Å². The highest BCUT2D eigenvalue weighted by Gasteiger charge is 2.20. The fourth-order valence-electron chi connectivity index (χ4n) is 8.85. The van der Waals surface area contributed by atoms with Gasteiger partial charge in [0.25, 0.3) is 0 Å². The maximum atomic E-state index is 12.5. The van der Waals surface area contributed by atoms with Crippen LogP contribution in [-0.4, -0.2) is 46.1 Å². The molecule has 0 rings (SSSR count). The maximum absolute atomic E-state index is 12.5. The highest BCUT2D eigenvalue weighted by molar-refractivity contribution is 5.76. The number of hydrogen-bond donors (Lipinski definition) is 4. The van der Waals surface area contributed by atoms with Gasteiger partial charge >= 0.3 is 0 Å². The predicted molar refractivity (Wildman–Crippen MR) is 278 cm³/mol. The molecule has 63 heavy (non-hydrogen) atoms. The summed E-state index contributed by atoms with van der Waals surface area (Å²) >= 11 is 0. The van der Waals surface area contributed by atoms with Crippen LogP contribution in [0.1, 0.15) is 303 Å². The molecule has 4 N–H and O–H groups in total. The van der Waals surface area contributed by atoms with Crippen LogP contribution in [-0.2, 0) is 4.79 Å². The number of allylic oxidation sites excluding steroid dienone is 5. The van der Waals surface area contributed by atoms with Crippen molar-refractivity contribution in [2.45, 2.75) is 321 Å². The maximum Gasteiger partial charge on any atom is 0.222 e. The van der Waals surface area contributed by atoms with E-state index in [-0.39, 0.29) is 18.9 Å². The lowest BCUT2D eigenvalue weighted by atomic mass is 10.0. The molecule has 0 saturated heterocycles. The summed E-state index contributed by atoms with van der Waals surface area (Å²) in [4.78, 5) is 12.5. The molecule has 5 nitrogen and oxygen atoms in total. The molecule has 0 fully saturated rings. The minimum atomic E-state index is -0.959. The molecular formula is C58H111NO4. The molecule has 0 aliphatic carbocycles. The first-order valence-electron chi connectivity index (χ1n) is 28.3. The van der Waals surface area contributed by atoms with Crippen molar-refractivity contribution in [2.75, 3.05) is 6.61 Å². The van der Waals surface area contributed by atoms with E-state index >= 15 is 0 Å². The Morgan fingerprint density at radius 3 is 1.02 bits per heavy atom. The van der Waals surface area contributed by atoms with E-state index < -0.39 is 18.2 Å². The Morgan fingerprint density at radius 1 is 0.397 bits per heavy atom. The van der Waals surface area contributed by atoms with Crippen molar-refractivity contribution in [1.29, 1.82) is 0 Å². The first kappa shape index (κ1) is 61.6. The summed E-state index contributed by atoms with van der Waals surface area (Å²) in [5, 5.41) is 33.4. The normalized spacial score (nSPS) is 13.5. The summed E-state index contributed by atoms with van der Waals surface area (Å²) in [6.45, 7) is 4.23. The van der Waals surface area contributed by atoms with Gasteiger partial charge in [-0.2, -0.15) is 0 Å². The Morgan fingerprint density at radius 2 is 0.683 bits per heavy atom. The smallest absolute Gasteiger partial charge is 0.222 e. The van der Waals surface area contributed by atoms with Crippen molar-refractivity contribution in [2.24, 2.45) is 0 Å². The lowest BCUT2D eigenvalue weighted by molar-refractivity contribution is -0.124. The van der Waals surface area contributed by atoms with Crippen LogP contribution in [0, 0.1) is 0 Å². The Hall–Kier alpha value is -1.43. The molecule has 0 spiro atoms. The molecule has 3 unspecified atom stereocenters. The average molecular weight is 887 g/mol. The van der Waals surface area contributed by atoms with E-state index in [2.05, 4.69) is 43.5 Å². The van der Waals surface area contributed by atoms with E-state index in [1.54, 1.807) is 6.08 Å². The van der Waals surface area contributed by atoms with Gasteiger partial charge in [-0.3, -0.25) is 4.79 Å². The number of nitrogens with one attached hydrogen (secondary N) is 1. The monoisotopic (exact) mass is 886 g/mol. The van der Waals surface area contributed by atoms with Crippen LogP contribution >= 0.6 is 0 Å². The average Bonchev–Trinajstić information content (AvgIpc) is 3.28. The van der Waals surface area contributed by atoms with Crippen molar-refractivity contribution < 1.29 is 20.1 Å². The third-order valence-corrected chi connectivity index (χ3v) is 13.2. The number of rotatable bonds is 52. The van der Waals surface area contributed by atoms with Crippen LogP contribution in [0.5, 0.6) is 0 Å². The van der Waals surface area contributed by atoms with Gasteiger partial charge in [0.2, 0.25) is 5.91 Å².